The van der Waals surface area contributed by atoms with Crippen LogP contribution in [0.15, 0.2) is 48.8 Å². The number of hydrogen-bond donors (Lipinski definition) is 1. The third kappa shape index (κ3) is 2.42. The Morgan fingerprint density at radius 1 is 1.11 bits per heavy atom. The Hall–Kier alpha value is -1.64. The van der Waals surface area contributed by atoms with Gasteiger partial charge in [0.2, 0.25) is 0 Å². The van der Waals surface area contributed by atoms with E-state index < -0.39 is 0 Å². The number of hydrogen-bond acceptors (Lipinski definition) is 4. The van der Waals surface area contributed by atoms with Crippen LogP contribution in [0.1, 0.15) is 0 Å². The Kier molecular flexibility index (Phi) is 3.13. The SMILES string of the molecule is [O-]N(O)c1ccc(-c2cn3cc(I)ccc3n2)cc1. The summed E-state index contributed by atoms with van der Waals surface area (Å²) < 4.78 is 3.09. The number of halogens is 1. The molecule has 0 aliphatic rings. The van der Waals surface area contributed by atoms with Gasteiger partial charge in [-0.05, 0) is 46.9 Å². The molecule has 6 heteroatoms. The summed E-state index contributed by atoms with van der Waals surface area (Å²) in [6.45, 7) is 0. The highest BCUT2D eigenvalue weighted by atomic mass is 127. The van der Waals surface area contributed by atoms with E-state index in [0.717, 1.165) is 20.5 Å². The average Bonchev–Trinajstić information content (AvgIpc) is 2.81. The lowest BCUT2D eigenvalue weighted by Gasteiger charge is -2.21. The first-order valence-corrected chi connectivity index (χ1v) is 6.62. The zero-order chi connectivity index (χ0) is 13.4. The van der Waals surface area contributed by atoms with E-state index in [1.165, 1.54) is 0 Å². The first kappa shape index (κ1) is 12.4. The third-order valence-electron chi connectivity index (χ3n) is 2.80. The summed E-state index contributed by atoms with van der Waals surface area (Å²) >= 11 is 2.25. The molecule has 0 radical (unpaired) electrons. The first-order chi connectivity index (χ1) is 9.13. The molecule has 3 rings (SSSR count). The zero-order valence-electron chi connectivity index (χ0n) is 9.69. The molecule has 5 nitrogen and oxygen atoms in total. The van der Waals surface area contributed by atoms with Gasteiger partial charge in [0.25, 0.3) is 0 Å². The van der Waals surface area contributed by atoms with Crippen LogP contribution in [0, 0.1) is 8.78 Å². The van der Waals surface area contributed by atoms with Gasteiger partial charge in [0, 0.05) is 21.5 Å². The molecule has 19 heavy (non-hydrogen) atoms. The molecule has 0 fully saturated rings. The van der Waals surface area contributed by atoms with Gasteiger partial charge < -0.3 is 14.8 Å². The highest BCUT2D eigenvalue weighted by molar-refractivity contribution is 14.1. The van der Waals surface area contributed by atoms with Crippen molar-refractivity contribution in [2.45, 2.75) is 0 Å². The largest absolute Gasteiger partial charge is 0.733 e. The van der Waals surface area contributed by atoms with Gasteiger partial charge in [-0.2, -0.15) is 0 Å². The fourth-order valence-electron chi connectivity index (χ4n) is 1.86. The van der Waals surface area contributed by atoms with Gasteiger partial charge in [0.15, 0.2) is 0 Å². The molecular formula is C13H9IN3O2-. The zero-order valence-corrected chi connectivity index (χ0v) is 11.9. The second-order valence-electron chi connectivity index (χ2n) is 4.06. The minimum atomic E-state index is -0.157. The van der Waals surface area contributed by atoms with Gasteiger partial charge in [-0.15, -0.1) is 0 Å². The number of anilines is 1. The molecule has 0 amide bonds. The lowest BCUT2D eigenvalue weighted by atomic mass is 10.1. The van der Waals surface area contributed by atoms with E-state index in [0.29, 0.717) is 0 Å². The van der Waals surface area contributed by atoms with Crippen LogP contribution in [0.5, 0.6) is 0 Å². The van der Waals surface area contributed by atoms with Gasteiger partial charge in [-0.3, -0.25) is 5.21 Å². The number of nitrogens with zero attached hydrogens (tertiary/aromatic N) is 3. The molecule has 2 heterocycles. The number of aromatic nitrogens is 2. The summed E-state index contributed by atoms with van der Waals surface area (Å²) in [5, 5.41) is 19.4. The van der Waals surface area contributed by atoms with Crippen molar-refractivity contribution in [3.05, 3.63) is 57.6 Å². The lowest BCUT2D eigenvalue weighted by Crippen LogP contribution is -2.06. The number of rotatable bonds is 2. The molecule has 0 saturated carbocycles. The normalized spacial score (nSPS) is 10.9. The molecular weight excluding hydrogens is 357 g/mol. The molecule has 96 valence electrons. The Labute approximate surface area is 122 Å². The van der Waals surface area contributed by atoms with E-state index in [-0.39, 0.29) is 10.9 Å². The number of pyridine rings is 1. The predicted octanol–water partition coefficient (Wildman–Crippen LogP) is 3.30. The standard InChI is InChI=1S/C13H9IN3O2/c14-10-3-6-13-15-12(8-16(13)7-10)9-1-4-11(5-2-9)17(18)19/h1-8,18H/q-1. The molecule has 0 spiro atoms. The summed E-state index contributed by atoms with van der Waals surface area (Å²) in [5.74, 6) is 0. The van der Waals surface area contributed by atoms with E-state index in [2.05, 4.69) is 27.6 Å². The monoisotopic (exact) mass is 366 g/mol. The number of imidazole rings is 1. The summed E-state index contributed by atoms with van der Waals surface area (Å²) in [4.78, 5) is 4.50. The Balaban J connectivity index is 2.03. The van der Waals surface area contributed by atoms with Crippen LogP contribution < -0.4 is 5.23 Å². The molecule has 3 aromatic rings. The quantitative estimate of drug-likeness (QED) is 0.559. The highest BCUT2D eigenvalue weighted by Crippen LogP contribution is 2.22. The third-order valence-corrected chi connectivity index (χ3v) is 3.44. The van der Waals surface area contributed by atoms with E-state index in [4.69, 9.17) is 5.21 Å². The Morgan fingerprint density at radius 3 is 2.53 bits per heavy atom. The fraction of sp³-hybridized carbons (Fsp3) is 0. The molecule has 2 aromatic heterocycles. The van der Waals surface area contributed by atoms with Crippen molar-refractivity contribution < 1.29 is 5.21 Å². The molecule has 0 aliphatic heterocycles. The van der Waals surface area contributed by atoms with Crippen LogP contribution in [0.2, 0.25) is 0 Å². The van der Waals surface area contributed by atoms with Crippen molar-refractivity contribution in [3.63, 3.8) is 0 Å². The minimum Gasteiger partial charge on any atom is -0.733 e. The highest BCUT2D eigenvalue weighted by Gasteiger charge is 2.04. The number of benzene rings is 1. The minimum absolute atomic E-state index is 0.157. The molecule has 0 aliphatic carbocycles. The summed E-state index contributed by atoms with van der Waals surface area (Å²) in [7, 11) is 0. The van der Waals surface area contributed by atoms with Crippen LogP contribution in [0.4, 0.5) is 5.69 Å². The van der Waals surface area contributed by atoms with E-state index in [9.17, 15) is 5.21 Å². The van der Waals surface area contributed by atoms with Crippen LogP contribution in [-0.4, -0.2) is 14.6 Å². The van der Waals surface area contributed by atoms with E-state index in [1.807, 2.05) is 28.9 Å². The smallest absolute Gasteiger partial charge is 0.137 e. The molecule has 0 atom stereocenters. The summed E-state index contributed by atoms with van der Waals surface area (Å²) in [5.41, 5.74) is 2.78. The predicted molar refractivity (Wildman–Crippen MR) is 81.0 cm³/mol. The molecule has 0 saturated heterocycles. The van der Waals surface area contributed by atoms with E-state index in [1.54, 1.807) is 24.3 Å². The molecule has 1 aromatic carbocycles. The second-order valence-corrected chi connectivity index (χ2v) is 5.30. The van der Waals surface area contributed by atoms with E-state index >= 15 is 0 Å². The van der Waals surface area contributed by atoms with Crippen LogP contribution in [0.3, 0.4) is 0 Å². The van der Waals surface area contributed by atoms with Crippen molar-refractivity contribution >= 4 is 33.9 Å². The van der Waals surface area contributed by atoms with Gasteiger partial charge in [-0.1, -0.05) is 12.1 Å². The van der Waals surface area contributed by atoms with Crippen LogP contribution in [0.25, 0.3) is 16.9 Å². The lowest BCUT2D eigenvalue weighted by molar-refractivity contribution is 0.296. The molecule has 0 bridgehead atoms. The Morgan fingerprint density at radius 2 is 1.84 bits per heavy atom. The van der Waals surface area contributed by atoms with Crippen molar-refractivity contribution in [1.82, 2.24) is 9.38 Å². The summed E-state index contributed by atoms with van der Waals surface area (Å²) in [6.07, 6.45) is 3.92. The average molecular weight is 366 g/mol. The summed E-state index contributed by atoms with van der Waals surface area (Å²) in [6, 6.07) is 10.6. The molecule has 1 N–H and O–H groups in total. The Bertz CT molecular complexity index is 722. The fourth-order valence-corrected chi connectivity index (χ4v) is 2.34. The maximum atomic E-state index is 10.7. The number of fused-ring (bicyclic) bond motifs is 1. The van der Waals surface area contributed by atoms with Crippen molar-refractivity contribution in [2.24, 2.45) is 0 Å². The van der Waals surface area contributed by atoms with Crippen molar-refractivity contribution in [3.8, 4) is 11.3 Å². The first-order valence-electron chi connectivity index (χ1n) is 5.54. The van der Waals surface area contributed by atoms with Crippen LogP contribution >= 0.6 is 22.6 Å². The van der Waals surface area contributed by atoms with Gasteiger partial charge in [-0.25, -0.2) is 4.98 Å². The topological polar surface area (TPSA) is 63.8 Å². The molecule has 0 unspecified atom stereocenters. The second kappa shape index (κ2) is 4.80. The van der Waals surface area contributed by atoms with Crippen LogP contribution in [-0.2, 0) is 0 Å². The van der Waals surface area contributed by atoms with Crippen molar-refractivity contribution in [2.75, 3.05) is 5.23 Å². The van der Waals surface area contributed by atoms with Gasteiger partial charge in [0.1, 0.15) is 5.65 Å². The van der Waals surface area contributed by atoms with Crippen molar-refractivity contribution in [1.29, 1.82) is 0 Å². The van der Waals surface area contributed by atoms with Gasteiger partial charge in [0.05, 0.1) is 11.4 Å². The van der Waals surface area contributed by atoms with Gasteiger partial charge >= 0.3 is 0 Å². The maximum absolute atomic E-state index is 10.7. The maximum Gasteiger partial charge on any atom is 0.137 e.